The van der Waals surface area contributed by atoms with Crippen molar-refractivity contribution in [1.29, 1.82) is 0 Å². The zero-order chi connectivity index (χ0) is 45.6. The van der Waals surface area contributed by atoms with E-state index >= 15 is 0 Å². The summed E-state index contributed by atoms with van der Waals surface area (Å²) in [7, 11) is -2.53. The Morgan fingerprint density at radius 2 is 1.69 bits per heavy atom. The number of nitro groups is 1. The molecule has 0 saturated carbocycles. The Kier molecular flexibility index (Phi) is 15.0. The lowest BCUT2D eigenvalue weighted by molar-refractivity contribution is -0.384. The van der Waals surface area contributed by atoms with Crippen molar-refractivity contribution < 1.29 is 18.1 Å². The number of piperidine rings is 1. The van der Waals surface area contributed by atoms with Gasteiger partial charge in [0.1, 0.15) is 12.0 Å². The van der Waals surface area contributed by atoms with Crippen LogP contribution in [0.4, 0.5) is 22.9 Å². The Morgan fingerprint density at radius 3 is 2.42 bits per heavy atom. The minimum absolute atomic E-state index is 0.101. The number of fused-ring (bicyclic) bond motifs is 1. The molecule has 0 bridgehead atoms. The number of thioether (sulfide) groups is 1. The molecule has 3 heterocycles. The van der Waals surface area contributed by atoms with Gasteiger partial charge in [-0.1, -0.05) is 61.4 Å². The third-order valence-electron chi connectivity index (χ3n) is 13.1. The van der Waals surface area contributed by atoms with Gasteiger partial charge in [0.2, 0.25) is 0 Å². The molecule has 4 aromatic carbocycles. The maximum absolute atomic E-state index is 13.9. The number of anilines is 3. The molecule has 0 radical (unpaired) electrons. The van der Waals surface area contributed by atoms with Gasteiger partial charge in [-0.2, -0.15) is 0 Å². The SMILES string of the molecule is COC1CCN(CC[C@H](CSc2ccccc2)Nc2ccc(S(=O)(=O)Nc3ncnc4cc(N5CCN(CC6=C(c7ccc(Cl)cc7)CCC(C)(C)C6)CC5)ccc34)cc2[N+](=O)[O-])CC1. The normalized spacial score (nSPS) is 18.2. The van der Waals surface area contributed by atoms with E-state index in [-0.39, 0.29) is 39.6 Å². The number of nitro benzene ring substituents is 1. The summed E-state index contributed by atoms with van der Waals surface area (Å²) >= 11 is 7.91. The van der Waals surface area contributed by atoms with Crippen LogP contribution in [0.15, 0.2) is 113 Å². The number of hydrogen-bond acceptors (Lipinski definition) is 12. The second kappa shape index (κ2) is 20.8. The van der Waals surface area contributed by atoms with Gasteiger partial charge >= 0.3 is 0 Å². The molecule has 3 aliphatic rings. The molecule has 8 rings (SSSR count). The lowest BCUT2D eigenvalue weighted by Crippen LogP contribution is -2.47. The van der Waals surface area contributed by atoms with Gasteiger partial charge in [-0.3, -0.25) is 19.7 Å². The molecule has 0 unspecified atom stereocenters. The molecule has 1 atom stereocenters. The maximum atomic E-state index is 13.9. The summed E-state index contributed by atoms with van der Waals surface area (Å²) < 4.78 is 36.0. The van der Waals surface area contributed by atoms with Crippen LogP contribution in [0.3, 0.4) is 0 Å². The first-order valence-electron chi connectivity index (χ1n) is 22.5. The van der Waals surface area contributed by atoms with Gasteiger partial charge < -0.3 is 19.9 Å². The summed E-state index contributed by atoms with van der Waals surface area (Å²) in [6.07, 6.45) is 7.61. The number of sulfonamides is 1. The lowest BCUT2D eigenvalue weighted by atomic mass is 9.73. The Hall–Kier alpha value is -4.77. The van der Waals surface area contributed by atoms with E-state index in [1.807, 2.05) is 60.7 Å². The van der Waals surface area contributed by atoms with Crippen molar-refractivity contribution in [3.8, 4) is 0 Å². The van der Waals surface area contributed by atoms with Crippen molar-refractivity contribution in [2.75, 3.05) is 80.2 Å². The number of ether oxygens (including phenoxy) is 1. The van der Waals surface area contributed by atoms with Crippen molar-refractivity contribution in [3.05, 3.63) is 124 Å². The second-order valence-electron chi connectivity index (χ2n) is 18.2. The Labute approximate surface area is 392 Å². The first-order valence-corrected chi connectivity index (χ1v) is 25.4. The van der Waals surface area contributed by atoms with Crippen molar-refractivity contribution in [1.82, 2.24) is 19.8 Å². The predicted molar refractivity (Wildman–Crippen MR) is 264 cm³/mol. The molecule has 65 heavy (non-hydrogen) atoms. The monoisotopic (exact) mass is 938 g/mol. The molecule has 16 heteroatoms. The van der Waals surface area contributed by atoms with E-state index in [2.05, 4.69) is 60.7 Å². The summed E-state index contributed by atoms with van der Waals surface area (Å²) in [5.74, 6) is 0.767. The van der Waals surface area contributed by atoms with Crippen LogP contribution in [0.2, 0.25) is 5.02 Å². The number of nitrogens with one attached hydrogen (secondary N) is 2. The zero-order valence-electron chi connectivity index (χ0n) is 37.4. The fraction of sp³-hybridized carbons (Fsp3) is 0.429. The van der Waals surface area contributed by atoms with E-state index in [1.54, 1.807) is 18.9 Å². The molecule has 2 N–H and O–H groups in total. The smallest absolute Gasteiger partial charge is 0.293 e. The highest BCUT2D eigenvalue weighted by Gasteiger charge is 2.30. The topological polar surface area (TPSA) is 146 Å². The summed E-state index contributed by atoms with van der Waals surface area (Å²) in [6.45, 7) is 11.9. The molecule has 0 spiro atoms. The number of halogens is 1. The summed E-state index contributed by atoms with van der Waals surface area (Å²) in [5.41, 5.74) is 6.04. The van der Waals surface area contributed by atoms with Crippen LogP contribution in [-0.2, 0) is 14.8 Å². The summed E-state index contributed by atoms with van der Waals surface area (Å²) in [5, 5.41) is 17.2. The molecule has 2 fully saturated rings. The van der Waals surface area contributed by atoms with Gasteiger partial charge in [-0.05, 0) is 110 Å². The number of rotatable bonds is 17. The van der Waals surface area contributed by atoms with Gasteiger partial charge in [0.15, 0.2) is 5.82 Å². The molecule has 0 amide bonds. The molecular weight excluding hydrogens is 880 g/mol. The van der Waals surface area contributed by atoms with Gasteiger partial charge in [0, 0.05) is 98.3 Å². The van der Waals surface area contributed by atoms with Crippen LogP contribution in [-0.4, -0.2) is 110 Å². The minimum atomic E-state index is -4.28. The number of hydrogen-bond donors (Lipinski definition) is 2. The number of piperazine rings is 1. The van der Waals surface area contributed by atoms with Crippen molar-refractivity contribution >= 4 is 72.7 Å². The van der Waals surface area contributed by atoms with Crippen LogP contribution in [0.5, 0.6) is 0 Å². The van der Waals surface area contributed by atoms with E-state index in [0.29, 0.717) is 16.7 Å². The van der Waals surface area contributed by atoms with E-state index in [4.69, 9.17) is 16.3 Å². The molecular formula is C49H59ClN8O5S2. The number of benzene rings is 4. The van der Waals surface area contributed by atoms with Crippen molar-refractivity contribution in [2.24, 2.45) is 5.41 Å². The van der Waals surface area contributed by atoms with Gasteiger partial charge in [-0.25, -0.2) is 18.4 Å². The molecule has 2 aliphatic heterocycles. The van der Waals surface area contributed by atoms with Crippen LogP contribution < -0.4 is 14.9 Å². The van der Waals surface area contributed by atoms with Gasteiger partial charge in [0.25, 0.3) is 15.7 Å². The quantitative estimate of drug-likeness (QED) is 0.0520. The highest BCUT2D eigenvalue weighted by molar-refractivity contribution is 7.99. The first kappa shape index (κ1) is 46.7. The fourth-order valence-electron chi connectivity index (χ4n) is 9.30. The van der Waals surface area contributed by atoms with E-state index < -0.39 is 14.9 Å². The molecule has 1 aliphatic carbocycles. The zero-order valence-corrected chi connectivity index (χ0v) is 39.8. The van der Waals surface area contributed by atoms with Crippen LogP contribution >= 0.6 is 23.4 Å². The number of likely N-dealkylation sites (tertiary alicyclic amines) is 1. The summed E-state index contributed by atoms with van der Waals surface area (Å²) in [4.78, 5) is 29.0. The minimum Gasteiger partial charge on any atom is -0.381 e. The molecule has 344 valence electrons. The molecule has 13 nitrogen and oxygen atoms in total. The Morgan fingerprint density at radius 1 is 0.938 bits per heavy atom. The number of nitrogens with zero attached hydrogens (tertiary/aromatic N) is 6. The number of methoxy groups -OCH3 is 1. The van der Waals surface area contributed by atoms with Gasteiger partial charge in [-0.15, -0.1) is 11.8 Å². The third kappa shape index (κ3) is 12.0. The van der Waals surface area contributed by atoms with Gasteiger partial charge in [0.05, 0.1) is 21.4 Å². The molecule has 5 aromatic rings. The maximum Gasteiger partial charge on any atom is 0.293 e. The van der Waals surface area contributed by atoms with E-state index in [0.717, 1.165) is 113 Å². The average Bonchev–Trinajstić information content (AvgIpc) is 3.30. The van der Waals surface area contributed by atoms with E-state index in [9.17, 15) is 18.5 Å². The first-order chi connectivity index (χ1) is 31.3. The largest absolute Gasteiger partial charge is 0.381 e. The second-order valence-corrected chi connectivity index (χ2v) is 21.4. The fourth-order valence-corrected chi connectivity index (χ4v) is 11.5. The third-order valence-corrected chi connectivity index (χ3v) is 15.8. The highest BCUT2D eigenvalue weighted by atomic mass is 35.5. The highest BCUT2D eigenvalue weighted by Crippen LogP contribution is 2.43. The Bertz CT molecular complexity index is 2580. The predicted octanol–water partition coefficient (Wildman–Crippen LogP) is 9.85. The van der Waals surface area contributed by atoms with Crippen LogP contribution in [0.25, 0.3) is 16.5 Å². The molecule has 2 saturated heterocycles. The average molecular weight is 940 g/mol. The van der Waals surface area contributed by atoms with Crippen LogP contribution in [0, 0.1) is 15.5 Å². The number of aromatic nitrogens is 2. The summed E-state index contributed by atoms with van der Waals surface area (Å²) in [6, 6.07) is 28.0. The van der Waals surface area contributed by atoms with Crippen molar-refractivity contribution in [3.63, 3.8) is 0 Å². The standard InChI is InChI=1S/C49H59ClN8O5S2/c1-49(2)21-17-43(35-9-11-37(50)12-10-35)36(31-49)32-56-25-27-57(28-26-56)39-13-15-44-46(29-39)51-34-52-48(44)54-65(61,62)42-14-16-45(47(30-42)58(59)60)53-38(33-64-41-7-5-4-6-8-41)18-22-55-23-19-40(63-3)20-24-55/h4-16,29-30,34,38,40,53H,17-28,31-33H2,1-3H3,(H,51,52,54)/t38-/m1/s1. The van der Waals surface area contributed by atoms with Crippen molar-refractivity contribution in [2.45, 2.75) is 74.3 Å². The number of allylic oxidation sites excluding steroid dienone is 1. The molecule has 1 aromatic heterocycles. The van der Waals surface area contributed by atoms with E-state index in [1.165, 1.54) is 35.2 Å². The van der Waals surface area contributed by atoms with Crippen LogP contribution in [0.1, 0.15) is 57.9 Å². The lowest BCUT2D eigenvalue weighted by Gasteiger charge is -2.39. The Balaban J connectivity index is 0.932.